The Morgan fingerprint density at radius 3 is 2.32 bits per heavy atom. The van der Waals surface area contributed by atoms with Crippen LogP contribution in [0, 0.1) is 11.8 Å². The highest BCUT2D eigenvalue weighted by atomic mass is 32.1. The van der Waals surface area contributed by atoms with Gasteiger partial charge in [-0.15, -0.1) is 0 Å². The number of aliphatic hydroxyl groups excluding tert-OH is 2. The molecule has 3 aliphatic carbocycles. The molecule has 0 unspecified atom stereocenters. The Hall–Kier alpha value is -4.98. The minimum Gasteiger partial charge on any atom is -0.508 e. The number of primary amides is 1. The summed E-state index contributed by atoms with van der Waals surface area (Å²) in [6.45, 7) is 0. The molecule has 1 saturated carbocycles. The van der Waals surface area contributed by atoms with Crippen molar-refractivity contribution in [2.45, 2.75) is 24.5 Å². The smallest absolute Gasteiger partial charge is 0.255 e. The van der Waals surface area contributed by atoms with Crippen molar-refractivity contribution in [3.8, 4) is 5.75 Å². The van der Waals surface area contributed by atoms with Crippen molar-refractivity contribution < 1.29 is 34.8 Å². The van der Waals surface area contributed by atoms with Crippen molar-refractivity contribution in [3.63, 3.8) is 0 Å². The summed E-state index contributed by atoms with van der Waals surface area (Å²) in [6, 6.07) is 14.0. The molecule has 13 heteroatoms. The SMILES string of the molecule is CN(C)c1cc(NC(=S)Nc2cccc3ccccc23)c(O)c2c1C[C@@H]1C[C@@H]3[C@@H](N(C)C)C(=O)C(C(N)=O)=C(O)[C@]3(O)C(=O)C1=C2O. The predicted molar refractivity (Wildman–Crippen MR) is 182 cm³/mol. The first-order valence-electron chi connectivity index (χ1n) is 14.9. The highest BCUT2D eigenvalue weighted by Gasteiger charge is 2.64. The van der Waals surface area contributed by atoms with Gasteiger partial charge in [-0.25, -0.2) is 0 Å². The van der Waals surface area contributed by atoms with Crippen LogP contribution in [0.3, 0.4) is 0 Å². The summed E-state index contributed by atoms with van der Waals surface area (Å²) < 4.78 is 0. The number of thiocarbonyl (C=S) groups is 1. The molecule has 6 rings (SSSR count). The van der Waals surface area contributed by atoms with Gasteiger partial charge in [0.25, 0.3) is 5.91 Å². The molecular weight excluding hydrogens is 622 g/mol. The van der Waals surface area contributed by atoms with Crippen LogP contribution in [0.25, 0.3) is 16.5 Å². The van der Waals surface area contributed by atoms with Crippen LogP contribution in [-0.2, 0) is 20.8 Å². The van der Waals surface area contributed by atoms with E-state index in [2.05, 4.69) is 10.6 Å². The van der Waals surface area contributed by atoms with Gasteiger partial charge in [0, 0.05) is 42.3 Å². The quantitative estimate of drug-likeness (QED) is 0.121. The molecule has 0 spiro atoms. The molecule has 4 atom stereocenters. The first-order valence-corrected chi connectivity index (χ1v) is 15.4. The maximum absolute atomic E-state index is 14.2. The molecule has 244 valence electrons. The lowest BCUT2D eigenvalue weighted by atomic mass is 9.57. The number of rotatable bonds is 5. The van der Waals surface area contributed by atoms with E-state index in [1.54, 1.807) is 39.2 Å². The second kappa shape index (κ2) is 11.4. The van der Waals surface area contributed by atoms with Gasteiger partial charge < -0.3 is 41.7 Å². The Bertz CT molecular complexity index is 1960. The normalized spacial score (nSPS) is 23.7. The molecule has 0 bridgehead atoms. The fourth-order valence-electron chi connectivity index (χ4n) is 7.40. The number of anilines is 3. The number of phenolic OH excluding ortho intramolecular Hbond substituents is 1. The van der Waals surface area contributed by atoms with E-state index in [9.17, 15) is 34.8 Å². The van der Waals surface area contributed by atoms with Gasteiger partial charge in [0.05, 0.1) is 17.3 Å². The van der Waals surface area contributed by atoms with Crippen LogP contribution in [0.2, 0.25) is 0 Å². The maximum atomic E-state index is 14.2. The largest absolute Gasteiger partial charge is 0.508 e. The van der Waals surface area contributed by atoms with Crippen LogP contribution < -0.4 is 21.3 Å². The average Bonchev–Trinajstić information content (AvgIpc) is 3.00. The number of carbonyl (C=O) groups excluding carboxylic acids is 3. The summed E-state index contributed by atoms with van der Waals surface area (Å²) in [5.74, 6) is -7.11. The number of Topliss-reactive ketones (excluding diaryl/α,β-unsaturated/α-hetero) is 2. The van der Waals surface area contributed by atoms with Crippen LogP contribution in [0.1, 0.15) is 17.5 Å². The van der Waals surface area contributed by atoms with E-state index < -0.39 is 58.0 Å². The molecule has 3 aromatic rings. The van der Waals surface area contributed by atoms with Gasteiger partial charge in [-0.2, -0.15) is 0 Å². The number of nitrogens with two attached hydrogens (primary N) is 1. The maximum Gasteiger partial charge on any atom is 0.255 e. The Morgan fingerprint density at radius 2 is 1.66 bits per heavy atom. The zero-order valence-electron chi connectivity index (χ0n) is 26.2. The number of aliphatic hydroxyl groups is 3. The van der Waals surface area contributed by atoms with Crippen molar-refractivity contribution >= 4 is 68.4 Å². The van der Waals surface area contributed by atoms with E-state index in [4.69, 9.17) is 18.0 Å². The van der Waals surface area contributed by atoms with Gasteiger partial charge in [0.1, 0.15) is 22.8 Å². The first-order chi connectivity index (χ1) is 22.2. The second-order valence-electron chi connectivity index (χ2n) is 12.6. The number of hydrogen-bond acceptors (Lipinski definition) is 10. The number of amides is 1. The van der Waals surface area contributed by atoms with Gasteiger partial charge >= 0.3 is 0 Å². The molecule has 47 heavy (non-hydrogen) atoms. The molecule has 1 amide bonds. The standard InChI is InChI=1S/C34H35N5O7S/c1-38(2)22-14-21(37-33(47)36-20-11-7-9-15-8-5-6-10-17(15)20)27(40)24-18(22)12-16-13-19-26(39(3)4)29(42)25(32(35)45)31(44)34(19,46)30(43)23(16)28(24)41/h5-11,14,16,19,26,40-41,44,46H,12-13H2,1-4H3,(H2,35,45)(H2,36,37,47)/t16-,19-,26-,34-/m1/s1. The Labute approximate surface area is 275 Å². The van der Waals surface area contributed by atoms with Crippen molar-refractivity contribution in [2.24, 2.45) is 17.6 Å². The fraction of sp³-hybridized carbons (Fsp3) is 0.294. The lowest BCUT2D eigenvalue weighted by Crippen LogP contribution is -2.65. The molecule has 3 aromatic carbocycles. The summed E-state index contributed by atoms with van der Waals surface area (Å²) in [5, 5.41) is 54.6. The van der Waals surface area contributed by atoms with E-state index >= 15 is 0 Å². The van der Waals surface area contributed by atoms with Crippen LogP contribution in [0.5, 0.6) is 5.75 Å². The molecule has 0 radical (unpaired) electrons. The van der Waals surface area contributed by atoms with Crippen LogP contribution in [0.4, 0.5) is 17.1 Å². The third-order valence-electron chi connectivity index (χ3n) is 9.47. The number of phenols is 1. The minimum atomic E-state index is -2.72. The molecule has 12 nitrogen and oxygen atoms in total. The average molecular weight is 658 g/mol. The molecule has 0 saturated heterocycles. The second-order valence-corrected chi connectivity index (χ2v) is 13.0. The third-order valence-corrected chi connectivity index (χ3v) is 9.67. The van der Waals surface area contributed by atoms with Crippen molar-refractivity contribution in [1.29, 1.82) is 0 Å². The zero-order valence-corrected chi connectivity index (χ0v) is 27.0. The van der Waals surface area contributed by atoms with Crippen LogP contribution >= 0.6 is 12.2 Å². The van der Waals surface area contributed by atoms with E-state index in [1.807, 2.05) is 42.5 Å². The minimum absolute atomic E-state index is 0.00156. The van der Waals surface area contributed by atoms with Gasteiger partial charge in [0.2, 0.25) is 5.78 Å². The van der Waals surface area contributed by atoms with Gasteiger partial charge in [-0.3, -0.25) is 19.3 Å². The van der Waals surface area contributed by atoms with Gasteiger partial charge in [0.15, 0.2) is 16.5 Å². The molecule has 0 aliphatic heterocycles. The van der Waals surface area contributed by atoms with Gasteiger partial charge in [-0.05, 0) is 68.2 Å². The lowest BCUT2D eigenvalue weighted by molar-refractivity contribution is -0.153. The van der Waals surface area contributed by atoms with Crippen molar-refractivity contribution in [2.75, 3.05) is 43.7 Å². The highest BCUT2D eigenvalue weighted by Crippen LogP contribution is 2.54. The summed E-state index contributed by atoms with van der Waals surface area (Å²) in [7, 11) is 6.70. The molecule has 0 heterocycles. The molecule has 3 aliphatic rings. The topological polar surface area (TPSA) is 189 Å². The Balaban J connectivity index is 1.45. The zero-order chi connectivity index (χ0) is 34.1. The molecule has 0 aromatic heterocycles. The number of nitrogens with one attached hydrogen (secondary N) is 2. The summed E-state index contributed by atoms with van der Waals surface area (Å²) in [6.07, 6.45) is 0.160. The number of aromatic hydroxyl groups is 1. The number of likely N-dealkylation sites (N-methyl/N-ethyl adjacent to an activating group) is 1. The summed E-state index contributed by atoms with van der Waals surface area (Å²) >= 11 is 5.60. The number of fused-ring (bicyclic) bond motifs is 4. The van der Waals surface area contributed by atoms with E-state index in [-0.39, 0.29) is 40.5 Å². The van der Waals surface area contributed by atoms with E-state index in [1.165, 1.54) is 4.90 Å². The summed E-state index contributed by atoms with van der Waals surface area (Å²) in [5.41, 5.74) is 3.61. The number of nitrogens with zero attached hydrogens (tertiary/aromatic N) is 2. The lowest BCUT2D eigenvalue weighted by Gasteiger charge is -2.50. The first kappa shape index (κ1) is 32.0. The number of benzene rings is 3. The summed E-state index contributed by atoms with van der Waals surface area (Å²) in [4.78, 5) is 43.1. The molecule has 8 N–H and O–H groups in total. The predicted octanol–water partition coefficient (Wildman–Crippen LogP) is 2.99. The number of carbonyl (C=O) groups is 3. The molecule has 1 fully saturated rings. The van der Waals surface area contributed by atoms with Gasteiger partial charge in [-0.1, -0.05) is 36.4 Å². The monoisotopic (exact) mass is 657 g/mol. The molecular formula is C34H35N5O7S. The van der Waals surface area contributed by atoms with E-state index in [0.717, 1.165) is 16.5 Å². The third kappa shape index (κ3) is 4.80. The highest BCUT2D eigenvalue weighted by molar-refractivity contribution is 7.80. The van der Waals surface area contributed by atoms with E-state index in [0.29, 0.717) is 11.3 Å². The van der Waals surface area contributed by atoms with Crippen molar-refractivity contribution in [1.82, 2.24) is 4.90 Å². The Morgan fingerprint density at radius 1 is 1.00 bits per heavy atom. The number of hydrogen-bond donors (Lipinski definition) is 7. The number of ketones is 2. The van der Waals surface area contributed by atoms with Crippen LogP contribution in [-0.4, -0.2) is 87.7 Å². The fourth-order valence-corrected chi connectivity index (χ4v) is 7.62. The van der Waals surface area contributed by atoms with Crippen molar-refractivity contribution in [3.05, 3.63) is 76.6 Å². The van der Waals surface area contributed by atoms with Crippen LogP contribution in [0.15, 0.2) is 65.4 Å². The Kier molecular flexibility index (Phi) is 7.74.